The highest BCUT2D eigenvalue weighted by Crippen LogP contribution is 2.37. The van der Waals surface area contributed by atoms with Gasteiger partial charge in [-0.25, -0.2) is 8.42 Å². The van der Waals surface area contributed by atoms with Gasteiger partial charge in [0.1, 0.15) is 5.75 Å². The molecule has 0 aliphatic carbocycles. The van der Waals surface area contributed by atoms with E-state index in [0.717, 1.165) is 18.8 Å². The number of rotatable bonds is 5. The van der Waals surface area contributed by atoms with Gasteiger partial charge in [0.05, 0.1) is 17.1 Å². The summed E-state index contributed by atoms with van der Waals surface area (Å²) in [4.78, 5) is 15.5. The molecule has 8 heteroatoms. The molecule has 2 heterocycles. The first-order chi connectivity index (χ1) is 16.0. The van der Waals surface area contributed by atoms with Crippen molar-refractivity contribution in [3.63, 3.8) is 0 Å². The molecule has 1 N–H and O–H groups in total. The number of nitrogens with one attached hydrogen (secondary N) is 1. The van der Waals surface area contributed by atoms with Crippen molar-refractivity contribution in [1.29, 1.82) is 0 Å². The van der Waals surface area contributed by atoms with E-state index in [9.17, 15) is 13.2 Å². The Morgan fingerprint density at radius 1 is 0.879 bits per heavy atom. The van der Waals surface area contributed by atoms with Gasteiger partial charge >= 0.3 is 0 Å². The average molecular weight is 464 g/mol. The zero-order chi connectivity index (χ0) is 22.8. The van der Waals surface area contributed by atoms with Crippen molar-refractivity contribution in [2.75, 3.05) is 34.2 Å². The van der Waals surface area contributed by atoms with Gasteiger partial charge in [-0.3, -0.25) is 9.10 Å². The van der Waals surface area contributed by atoms with Crippen molar-refractivity contribution in [3.05, 3.63) is 78.9 Å². The number of ether oxygens (including phenoxy) is 1. The van der Waals surface area contributed by atoms with Crippen LogP contribution in [0.5, 0.6) is 5.75 Å². The number of hydrogen-bond acceptors (Lipinski definition) is 5. The molecule has 170 valence electrons. The van der Waals surface area contributed by atoms with Gasteiger partial charge in [-0.2, -0.15) is 0 Å². The van der Waals surface area contributed by atoms with Gasteiger partial charge in [-0.05, 0) is 61.4 Å². The summed E-state index contributed by atoms with van der Waals surface area (Å²) in [6.45, 7) is 1.98. The number of benzene rings is 3. The van der Waals surface area contributed by atoms with Crippen LogP contribution in [0.15, 0.2) is 83.8 Å². The highest BCUT2D eigenvalue weighted by atomic mass is 32.2. The van der Waals surface area contributed by atoms with E-state index in [1.54, 1.807) is 54.6 Å². The van der Waals surface area contributed by atoms with E-state index < -0.39 is 22.0 Å². The van der Waals surface area contributed by atoms with E-state index in [1.165, 1.54) is 17.1 Å². The summed E-state index contributed by atoms with van der Waals surface area (Å²) in [6.07, 6.45) is 1.40. The number of nitrogens with zero attached hydrogens (tertiary/aromatic N) is 2. The Balaban J connectivity index is 1.37. The van der Waals surface area contributed by atoms with Gasteiger partial charge in [0, 0.05) is 24.5 Å². The lowest BCUT2D eigenvalue weighted by atomic mass is 10.2. The number of amides is 1. The van der Waals surface area contributed by atoms with E-state index in [1.807, 2.05) is 24.3 Å². The first-order valence-corrected chi connectivity index (χ1v) is 12.5. The number of sulfonamides is 1. The maximum atomic E-state index is 13.4. The van der Waals surface area contributed by atoms with E-state index in [2.05, 4.69) is 10.2 Å². The van der Waals surface area contributed by atoms with Crippen molar-refractivity contribution >= 4 is 33.0 Å². The fraction of sp³-hybridized carbons (Fsp3) is 0.240. The highest BCUT2D eigenvalue weighted by molar-refractivity contribution is 7.92. The van der Waals surface area contributed by atoms with Gasteiger partial charge in [0.25, 0.3) is 15.9 Å². The van der Waals surface area contributed by atoms with Crippen molar-refractivity contribution in [2.24, 2.45) is 0 Å². The number of anilines is 3. The number of fused-ring (bicyclic) bond motifs is 1. The number of hydrogen-bond donors (Lipinski definition) is 1. The van der Waals surface area contributed by atoms with E-state index in [0.29, 0.717) is 17.1 Å². The first kappa shape index (κ1) is 21.3. The molecule has 3 aromatic carbocycles. The molecule has 0 radical (unpaired) electrons. The van der Waals surface area contributed by atoms with E-state index in [-0.39, 0.29) is 11.4 Å². The predicted molar refractivity (Wildman–Crippen MR) is 128 cm³/mol. The average Bonchev–Trinajstić information content (AvgIpc) is 3.39. The third kappa shape index (κ3) is 4.26. The Kier molecular flexibility index (Phi) is 5.68. The van der Waals surface area contributed by atoms with Crippen LogP contribution in [0.25, 0.3) is 0 Å². The van der Waals surface area contributed by atoms with Gasteiger partial charge in [0.2, 0.25) is 0 Å². The molecule has 1 atom stereocenters. The summed E-state index contributed by atoms with van der Waals surface area (Å²) in [5.41, 5.74) is 2.19. The van der Waals surface area contributed by atoms with Crippen molar-refractivity contribution < 1.29 is 17.9 Å². The summed E-state index contributed by atoms with van der Waals surface area (Å²) in [7, 11) is -3.86. The summed E-state index contributed by atoms with van der Waals surface area (Å²) in [6, 6.07) is 22.8. The predicted octanol–water partition coefficient (Wildman–Crippen LogP) is 3.88. The number of carbonyl (C=O) groups is 1. The van der Waals surface area contributed by atoms with Crippen LogP contribution < -0.4 is 19.3 Å². The second-order valence-corrected chi connectivity index (χ2v) is 10.0. The Morgan fingerprint density at radius 3 is 2.27 bits per heavy atom. The SMILES string of the molecule is O=C(Nc1ccc(N2CCCC2)cc1)[C@@H]1CN(S(=O)(=O)c2ccccc2)c2ccccc2O1. The zero-order valence-corrected chi connectivity index (χ0v) is 18.9. The minimum absolute atomic E-state index is 0.119. The molecule has 2 aliphatic rings. The zero-order valence-electron chi connectivity index (χ0n) is 18.1. The molecule has 2 aliphatic heterocycles. The fourth-order valence-electron chi connectivity index (χ4n) is 4.24. The molecule has 7 nitrogen and oxygen atoms in total. The fourth-order valence-corrected chi connectivity index (χ4v) is 5.74. The molecular weight excluding hydrogens is 438 g/mol. The monoisotopic (exact) mass is 463 g/mol. The Hall–Kier alpha value is -3.52. The molecule has 0 aromatic heterocycles. The van der Waals surface area contributed by atoms with Crippen LogP contribution in [0.3, 0.4) is 0 Å². The van der Waals surface area contributed by atoms with Crippen LogP contribution in [0.1, 0.15) is 12.8 Å². The summed E-state index contributed by atoms with van der Waals surface area (Å²) in [5.74, 6) is -0.0422. The normalized spacial score (nSPS) is 17.9. The topological polar surface area (TPSA) is 79.0 Å². The molecule has 0 bridgehead atoms. The van der Waals surface area contributed by atoms with Gasteiger partial charge in [-0.1, -0.05) is 30.3 Å². The smallest absolute Gasteiger partial charge is 0.267 e. The molecule has 0 unspecified atom stereocenters. The molecule has 3 aromatic rings. The van der Waals surface area contributed by atoms with Gasteiger partial charge in [0.15, 0.2) is 6.10 Å². The lowest BCUT2D eigenvalue weighted by molar-refractivity contribution is -0.122. The van der Waals surface area contributed by atoms with E-state index >= 15 is 0 Å². The maximum Gasteiger partial charge on any atom is 0.267 e. The molecule has 5 rings (SSSR count). The van der Waals surface area contributed by atoms with Crippen molar-refractivity contribution in [3.8, 4) is 5.75 Å². The van der Waals surface area contributed by atoms with Crippen molar-refractivity contribution in [2.45, 2.75) is 23.8 Å². The van der Waals surface area contributed by atoms with Crippen LogP contribution in [0, 0.1) is 0 Å². The van der Waals surface area contributed by atoms with Crippen molar-refractivity contribution in [1.82, 2.24) is 0 Å². The van der Waals surface area contributed by atoms with Gasteiger partial charge < -0.3 is 15.0 Å². The Bertz CT molecular complexity index is 1240. The van der Waals surface area contributed by atoms with Crippen LogP contribution in [-0.2, 0) is 14.8 Å². The Morgan fingerprint density at radius 2 is 1.55 bits per heavy atom. The molecule has 1 saturated heterocycles. The van der Waals surface area contributed by atoms with Gasteiger partial charge in [-0.15, -0.1) is 0 Å². The third-order valence-corrected chi connectivity index (χ3v) is 7.76. The van der Waals surface area contributed by atoms with E-state index in [4.69, 9.17) is 4.74 Å². The summed E-state index contributed by atoms with van der Waals surface area (Å²) >= 11 is 0. The molecular formula is C25H25N3O4S. The number of carbonyl (C=O) groups excluding carboxylic acids is 1. The summed E-state index contributed by atoms with van der Waals surface area (Å²) in [5, 5.41) is 2.87. The standard InChI is InChI=1S/C25H25N3O4S/c29-25(26-19-12-14-20(15-13-19)27-16-6-7-17-27)24-18-28(22-10-4-5-11-23(22)32-24)33(30,31)21-8-2-1-3-9-21/h1-5,8-15,24H,6-7,16-18H2,(H,26,29)/t24-/m0/s1. The first-order valence-electron chi connectivity index (χ1n) is 11.0. The molecule has 33 heavy (non-hydrogen) atoms. The molecule has 0 saturated carbocycles. The van der Waals surface area contributed by atoms with Crippen LogP contribution in [0.2, 0.25) is 0 Å². The molecule has 1 amide bonds. The van der Waals surface area contributed by atoms with Crippen LogP contribution >= 0.6 is 0 Å². The second kappa shape index (κ2) is 8.78. The molecule has 0 spiro atoms. The summed E-state index contributed by atoms with van der Waals surface area (Å²) < 4.78 is 33.9. The lowest BCUT2D eigenvalue weighted by Crippen LogP contribution is -2.48. The maximum absolute atomic E-state index is 13.4. The highest BCUT2D eigenvalue weighted by Gasteiger charge is 2.37. The largest absolute Gasteiger partial charge is 0.476 e. The third-order valence-electron chi connectivity index (χ3n) is 5.96. The minimum atomic E-state index is -3.86. The lowest BCUT2D eigenvalue weighted by Gasteiger charge is -2.34. The van der Waals surface area contributed by atoms with Crippen LogP contribution in [-0.4, -0.2) is 40.1 Å². The molecule has 1 fully saturated rings. The minimum Gasteiger partial charge on any atom is -0.476 e. The quantitative estimate of drug-likeness (QED) is 0.621. The second-order valence-electron chi connectivity index (χ2n) is 8.15. The number of para-hydroxylation sites is 2. The Labute approximate surface area is 193 Å². The van der Waals surface area contributed by atoms with Crippen LogP contribution in [0.4, 0.5) is 17.1 Å².